The third-order valence-electron chi connectivity index (χ3n) is 4.27. The molecule has 1 N–H and O–H groups in total. The molecule has 23 heavy (non-hydrogen) atoms. The van der Waals surface area contributed by atoms with Crippen LogP contribution in [-0.2, 0) is 0 Å². The summed E-state index contributed by atoms with van der Waals surface area (Å²) in [5, 5.41) is 0. The Morgan fingerprint density at radius 1 is 0.826 bits per heavy atom. The van der Waals surface area contributed by atoms with Crippen LogP contribution in [0.4, 0.5) is 0 Å². The minimum atomic E-state index is 0.475. The monoisotopic (exact) mass is 304 g/mol. The second-order valence-electron chi connectivity index (χ2n) is 6.58. The fourth-order valence-corrected chi connectivity index (χ4v) is 3.10. The Morgan fingerprint density at radius 2 is 1.43 bits per heavy atom. The van der Waals surface area contributed by atoms with Gasteiger partial charge >= 0.3 is 0 Å². The van der Waals surface area contributed by atoms with E-state index in [4.69, 9.17) is 0 Å². The number of H-pyrrole nitrogens is 1. The number of nitrogens with zero attached hydrogens (tertiary/aromatic N) is 1. The number of hydrogen-bond donors (Lipinski definition) is 1. The summed E-state index contributed by atoms with van der Waals surface area (Å²) in [7, 11) is 0. The highest BCUT2D eigenvalue weighted by molar-refractivity contribution is 5.67. The Hall–Kier alpha value is -2.35. The van der Waals surface area contributed by atoms with Crippen LogP contribution < -0.4 is 4.57 Å². The molecule has 0 aliphatic rings. The highest BCUT2D eigenvalue weighted by Crippen LogP contribution is 2.34. The molecule has 0 unspecified atom stereocenters. The Bertz CT molecular complexity index is 756. The van der Waals surface area contributed by atoms with Gasteiger partial charge in [0, 0.05) is 6.20 Å². The minimum Gasteiger partial charge on any atom is -0.331 e. The van der Waals surface area contributed by atoms with Gasteiger partial charge in [-0.05, 0) is 28.5 Å². The fraction of sp³-hybridized carbons (Fsp3) is 0.286. The number of hydrogen-bond acceptors (Lipinski definition) is 0. The number of aromatic amines is 1. The summed E-state index contributed by atoms with van der Waals surface area (Å²) in [6.07, 6.45) is 5.30. The van der Waals surface area contributed by atoms with E-state index >= 15 is 0 Å². The minimum absolute atomic E-state index is 0.475. The van der Waals surface area contributed by atoms with Crippen molar-refractivity contribution in [2.45, 2.75) is 39.5 Å². The van der Waals surface area contributed by atoms with Crippen LogP contribution >= 0.6 is 0 Å². The van der Waals surface area contributed by atoms with Gasteiger partial charge in [0.05, 0.1) is 11.4 Å². The summed E-state index contributed by atoms with van der Waals surface area (Å²) in [6.45, 7) is 9.02. The van der Waals surface area contributed by atoms with Crippen molar-refractivity contribution in [3.8, 4) is 16.9 Å². The maximum absolute atomic E-state index is 3.24. The molecule has 0 aliphatic carbocycles. The summed E-state index contributed by atoms with van der Waals surface area (Å²) in [5.41, 5.74) is 6.39. The lowest BCUT2D eigenvalue weighted by Crippen LogP contribution is -2.31. The average molecular weight is 304 g/mol. The van der Waals surface area contributed by atoms with Crippen molar-refractivity contribution in [2.75, 3.05) is 0 Å². The molecule has 1 heterocycles. The normalized spacial score (nSPS) is 11.4. The smallest absolute Gasteiger partial charge is 0.241 e. The van der Waals surface area contributed by atoms with Gasteiger partial charge in [-0.1, -0.05) is 76.2 Å². The molecular formula is C21H24N2. The van der Waals surface area contributed by atoms with Crippen LogP contribution in [0.1, 0.15) is 50.7 Å². The van der Waals surface area contributed by atoms with Crippen LogP contribution in [0, 0.1) is 6.33 Å². The number of para-hydroxylation sites is 1. The maximum Gasteiger partial charge on any atom is 0.241 e. The topological polar surface area (TPSA) is 19.7 Å². The van der Waals surface area contributed by atoms with E-state index in [1.807, 2.05) is 6.07 Å². The van der Waals surface area contributed by atoms with Crippen molar-refractivity contribution in [3.63, 3.8) is 0 Å². The molecule has 2 nitrogen and oxygen atoms in total. The van der Waals surface area contributed by atoms with Gasteiger partial charge in [0.2, 0.25) is 6.33 Å². The summed E-state index contributed by atoms with van der Waals surface area (Å²) >= 11 is 0. The van der Waals surface area contributed by atoms with E-state index in [9.17, 15) is 0 Å². The lowest BCUT2D eigenvalue weighted by atomic mass is 9.87. The molecular weight excluding hydrogens is 280 g/mol. The number of imidazole rings is 1. The zero-order chi connectivity index (χ0) is 16.4. The molecule has 1 aromatic heterocycles. The van der Waals surface area contributed by atoms with Crippen LogP contribution in [-0.4, -0.2) is 4.98 Å². The fourth-order valence-electron chi connectivity index (χ4n) is 3.10. The largest absolute Gasteiger partial charge is 0.331 e. The third kappa shape index (κ3) is 2.94. The molecule has 0 aliphatic heterocycles. The molecule has 0 atom stereocenters. The number of aromatic nitrogens is 2. The van der Waals surface area contributed by atoms with Gasteiger partial charge in [0.15, 0.2) is 0 Å². The first kappa shape index (κ1) is 15.5. The van der Waals surface area contributed by atoms with Crippen LogP contribution in [0.15, 0.2) is 54.7 Å². The molecule has 3 aromatic rings. The predicted octanol–water partition coefficient (Wildman–Crippen LogP) is 5.01. The van der Waals surface area contributed by atoms with Crippen molar-refractivity contribution in [1.82, 2.24) is 4.98 Å². The Morgan fingerprint density at radius 3 is 2.00 bits per heavy atom. The van der Waals surface area contributed by atoms with Crippen molar-refractivity contribution in [2.24, 2.45) is 0 Å². The molecule has 0 spiro atoms. The number of benzene rings is 2. The lowest BCUT2D eigenvalue weighted by Gasteiger charge is -2.21. The third-order valence-corrected chi connectivity index (χ3v) is 4.27. The van der Waals surface area contributed by atoms with Crippen LogP contribution in [0.5, 0.6) is 0 Å². The molecule has 0 fully saturated rings. The van der Waals surface area contributed by atoms with Crippen LogP contribution in [0.2, 0.25) is 0 Å². The first-order valence-corrected chi connectivity index (χ1v) is 8.29. The van der Waals surface area contributed by atoms with Crippen LogP contribution in [0.25, 0.3) is 16.9 Å². The average Bonchev–Trinajstić information content (AvgIpc) is 3.04. The molecule has 3 rings (SSSR count). The van der Waals surface area contributed by atoms with E-state index < -0.39 is 0 Å². The van der Waals surface area contributed by atoms with Crippen LogP contribution in [0.3, 0.4) is 0 Å². The van der Waals surface area contributed by atoms with Crippen molar-refractivity contribution < 1.29 is 4.57 Å². The van der Waals surface area contributed by atoms with Gasteiger partial charge in [-0.25, -0.2) is 0 Å². The van der Waals surface area contributed by atoms with Crippen molar-refractivity contribution in [1.29, 1.82) is 0 Å². The van der Waals surface area contributed by atoms with E-state index in [0.717, 1.165) is 5.69 Å². The number of nitrogens with one attached hydrogen (secondary N) is 1. The molecule has 0 amide bonds. The highest BCUT2D eigenvalue weighted by atomic mass is 15.0. The molecule has 0 saturated carbocycles. The van der Waals surface area contributed by atoms with Gasteiger partial charge in [-0.3, -0.25) is 0 Å². The predicted molar refractivity (Wildman–Crippen MR) is 94.8 cm³/mol. The Balaban J connectivity index is 2.26. The van der Waals surface area contributed by atoms with Gasteiger partial charge in [0.25, 0.3) is 0 Å². The zero-order valence-electron chi connectivity index (χ0n) is 14.3. The van der Waals surface area contributed by atoms with Crippen molar-refractivity contribution >= 4 is 0 Å². The Labute approximate surface area is 138 Å². The second kappa shape index (κ2) is 6.41. The quantitative estimate of drug-likeness (QED) is 0.516. The first-order valence-electron chi connectivity index (χ1n) is 8.29. The van der Waals surface area contributed by atoms with Gasteiger partial charge < -0.3 is 9.55 Å². The van der Waals surface area contributed by atoms with E-state index in [0.29, 0.717) is 11.8 Å². The molecule has 2 heteroatoms. The summed E-state index contributed by atoms with van der Waals surface area (Å²) < 4.78 is 2.12. The standard InChI is InChI=1S/C21H24N2/c1-15(2)18-11-8-12-19(16(3)4)21(18)20-13-22-14-23(20)17-9-6-5-7-10-17/h5-13,15-16,22H,1-4H3. The van der Waals surface area contributed by atoms with Gasteiger partial charge in [-0.15, -0.1) is 0 Å². The van der Waals surface area contributed by atoms with Gasteiger partial charge in [0.1, 0.15) is 0 Å². The zero-order valence-corrected chi connectivity index (χ0v) is 14.3. The molecule has 2 aromatic carbocycles. The van der Waals surface area contributed by atoms with E-state index in [2.05, 4.69) is 92.2 Å². The first-order chi connectivity index (χ1) is 11.1. The summed E-state index contributed by atoms with van der Waals surface area (Å²) in [5.74, 6) is 0.950. The summed E-state index contributed by atoms with van der Waals surface area (Å²) in [4.78, 5) is 3.17. The molecule has 118 valence electrons. The van der Waals surface area contributed by atoms with Crippen molar-refractivity contribution in [3.05, 3.63) is 72.2 Å². The Kier molecular flexibility index (Phi) is 4.33. The highest BCUT2D eigenvalue weighted by Gasteiger charge is 2.17. The van der Waals surface area contributed by atoms with Gasteiger partial charge in [-0.2, -0.15) is 0 Å². The SMILES string of the molecule is CC(C)c1cccc(C(C)C)c1-c1c[nH][c-][n+]1-c1ccccc1. The van der Waals surface area contributed by atoms with E-state index in [1.54, 1.807) is 0 Å². The second-order valence-corrected chi connectivity index (χ2v) is 6.58. The van der Waals surface area contributed by atoms with E-state index in [-0.39, 0.29) is 0 Å². The number of rotatable bonds is 4. The molecule has 0 saturated heterocycles. The molecule has 0 radical (unpaired) electrons. The molecule has 0 bridgehead atoms. The maximum atomic E-state index is 3.24. The lowest BCUT2D eigenvalue weighted by molar-refractivity contribution is -0.587. The summed E-state index contributed by atoms with van der Waals surface area (Å²) in [6, 6.07) is 17.1. The van der Waals surface area contributed by atoms with E-state index in [1.165, 1.54) is 22.4 Å².